The van der Waals surface area contributed by atoms with Gasteiger partial charge >= 0.3 is 0 Å². The van der Waals surface area contributed by atoms with Gasteiger partial charge in [0.15, 0.2) is 0 Å². The number of likely N-dealkylation sites (N-methyl/N-ethyl adjacent to an activating group) is 1. The highest BCUT2D eigenvalue weighted by Crippen LogP contribution is 2.37. The molecule has 0 aliphatic carbocycles. The van der Waals surface area contributed by atoms with Crippen LogP contribution in [0.4, 0.5) is 0 Å². The van der Waals surface area contributed by atoms with Gasteiger partial charge < -0.3 is 14.8 Å². The molecule has 0 bridgehead atoms. The maximum atomic E-state index is 6.20. The number of hydrogen-bond acceptors (Lipinski definition) is 4. The van der Waals surface area contributed by atoms with E-state index in [0.29, 0.717) is 0 Å². The number of aromatic nitrogens is 2. The van der Waals surface area contributed by atoms with Crippen molar-refractivity contribution in [3.63, 3.8) is 0 Å². The molecule has 2 heterocycles. The molecule has 2 rings (SSSR count). The third kappa shape index (κ3) is 3.05. The fourth-order valence-corrected chi connectivity index (χ4v) is 3.19. The van der Waals surface area contributed by atoms with Gasteiger partial charge in [0.25, 0.3) is 0 Å². The monoisotopic (exact) mass is 281 g/mol. The van der Waals surface area contributed by atoms with Crippen molar-refractivity contribution in [1.82, 2.24) is 15.1 Å². The highest BCUT2D eigenvalue weighted by molar-refractivity contribution is 5.14. The molecular weight excluding hydrogens is 254 g/mol. The molecule has 1 aliphatic heterocycles. The summed E-state index contributed by atoms with van der Waals surface area (Å²) in [6, 6.07) is 2.26. The Hall–Kier alpha value is -0.910. The van der Waals surface area contributed by atoms with E-state index < -0.39 is 0 Å². The second-order valence-corrected chi connectivity index (χ2v) is 5.31. The van der Waals surface area contributed by atoms with E-state index in [1.165, 1.54) is 5.69 Å². The van der Waals surface area contributed by atoms with Crippen LogP contribution in [0.15, 0.2) is 12.3 Å². The van der Waals surface area contributed by atoms with Crippen LogP contribution in [0.25, 0.3) is 0 Å². The van der Waals surface area contributed by atoms with Crippen molar-refractivity contribution in [3.8, 4) is 0 Å². The molecule has 1 atom stereocenters. The van der Waals surface area contributed by atoms with E-state index in [4.69, 9.17) is 9.47 Å². The first-order valence-electron chi connectivity index (χ1n) is 7.68. The summed E-state index contributed by atoms with van der Waals surface area (Å²) in [5.74, 6) is 0. The zero-order valence-corrected chi connectivity index (χ0v) is 12.9. The number of hydrogen-bond donors (Lipinski definition) is 1. The third-order valence-corrected chi connectivity index (χ3v) is 4.07. The van der Waals surface area contributed by atoms with Crippen LogP contribution in [-0.2, 0) is 16.0 Å². The number of ether oxygens (including phenoxy) is 2. The fourth-order valence-electron chi connectivity index (χ4n) is 3.19. The summed E-state index contributed by atoms with van der Waals surface area (Å²) in [6.07, 6.45) is 4.80. The van der Waals surface area contributed by atoms with Crippen molar-refractivity contribution >= 4 is 0 Å². The van der Waals surface area contributed by atoms with Crippen LogP contribution < -0.4 is 5.32 Å². The van der Waals surface area contributed by atoms with Gasteiger partial charge in [0.05, 0.1) is 17.3 Å². The minimum Gasteiger partial charge on any atom is -0.381 e. The molecule has 0 saturated carbocycles. The van der Waals surface area contributed by atoms with E-state index >= 15 is 0 Å². The first kappa shape index (κ1) is 15.5. The summed E-state index contributed by atoms with van der Waals surface area (Å²) in [7, 11) is 2.00. The zero-order chi connectivity index (χ0) is 14.4. The Morgan fingerprint density at radius 2 is 2.20 bits per heavy atom. The molecule has 1 N–H and O–H groups in total. The standard InChI is InChI=1S/C15H27N3O2/c1-4-10-18-13(6-9-17-18)14(16-3)15(20-5-2)7-11-19-12-8-15/h6,9,14,16H,4-5,7-8,10-12H2,1-3H3. The summed E-state index contributed by atoms with van der Waals surface area (Å²) in [5.41, 5.74) is 1.03. The highest BCUT2D eigenvalue weighted by atomic mass is 16.5. The Balaban J connectivity index is 2.29. The maximum absolute atomic E-state index is 6.20. The molecule has 0 aromatic carbocycles. The second kappa shape index (κ2) is 7.20. The predicted molar refractivity (Wildman–Crippen MR) is 78.7 cm³/mol. The molecule has 5 heteroatoms. The molecular formula is C15H27N3O2. The molecule has 114 valence electrons. The van der Waals surface area contributed by atoms with Gasteiger partial charge in [-0.3, -0.25) is 4.68 Å². The third-order valence-electron chi connectivity index (χ3n) is 4.07. The SMILES string of the molecule is CCCn1nccc1C(NC)C1(OCC)CCOCC1. The van der Waals surface area contributed by atoms with Crippen molar-refractivity contribution in [1.29, 1.82) is 0 Å². The highest BCUT2D eigenvalue weighted by Gasteiger charge is 2.42. The average Bonchev–Trinajstić information content (AvgIpc) is 2.90. The minimum atomic E-state index is -0.187. The summed E-state index contributed by atoms with van der Waals surface area (Å²) < 4.78 is 13.8. The van der Waals surface area contributed by atoms with Crippen LogP contribution in [0.1, 0.15) is 44.8 Å². The average molecular weight is 281 g/mol. The molecule has 0 radical (unpaired) electrons. The summed E-state index contributed by atoms with van der Waals surface area (Å²) in [6.45, 7) is 7.43. The van der Waals surface area contributed by atoms with E-state index in [0.717, 1.165) is 45.6 Å². The number of aryl methyl sites for hydroxylation is 1. The van der Waals surface area contributed by atoms with E-state index in [2.05, 4.69) is 35.0 Å². The lowest BCUT2D eigenvalue weighted by atomic mass is 9.84. The van der Waals surface area contributed by atoms with Crippen LogP contribution in [0, 0.1) is 0 Å². The molecule has 0 amide bonds. The molecule has 1 aromatic rings. The van der Waals surface area contributed by atoms with Crippen molar-refractivity contribution < 1.29 is 9.47 Å². The van der Waals surface area contributed by atoms with E-state index in [-0.39, 0.29) is 11.6 Å². The number of nitrogens with zero attached hydrogens (tertiary/aromatic N) is 2. The van der Waals surface area contributed by atoms with E-state index in [9.17, 15) is 0 Å². The lowest BCUT2D eigenvalue weighted by Gasteiger charge is -2.43. The van der Waals surface area contributed by atoms with E-state index in [1.807, 2.05) is 13.2 Å². The number of nitrogens with one attached hydrogen (secondary N) is 1. The Kier molecular flexibility index (Phi) is 5.57. The van der Waals surface area contributed by atoms with Gasteiger partial charge in [-0.2, -0.15) is 5.10 Å². The summed E-state index contributed by atoms with van der Waals surface area (Å²) >= 11 is 0. The number of rotatable bonds is 7. The fraction of sp³-hybridized carbons (Fsp3) is 0.800. The van der Waals surface area contributed by atoms with Crippen molar-refractivity contribution in [3.05, 3.63) is 18.0 Å². The first-order chi connectivity index (χ1) is 9.77. The molecule has 20 heavy (non-hydrogen) atoms. The van der Waals surface area contributed by atoms with Gasteiger partial charge in [0, 0.05) is 45.4 Å². The van der Waals surface area contributed by atoms with Crippen molar-refractivity contribution in [2.45, 2.75) is 51.3 Å². The van der Waals surface area contributed by atoms with Crippen LogP contribution in [0.5, 0.6) is 0 Å². The second-order valence-electron chi connectivity index (χ2n) is 5.31. The van der Waals surface area contributed by atoms with Crippen LogP contribution in [0.3, 0.4) is 0 Å². The summed E-state index contributed by atoms with van der Waals surface area (Å²) in [5, 5.41) is 7.91. The molecule has 1 aliphatic rings. The maximum Gasteiger partial charge on any atom is 0.0935 e. The Bertz CT molecular complexity index is 394. The molecule has 1 unspecified atom stereocenters. The van der Waals surface area contributed by atoms with Crippen molar-refractivity contribution in [2.75, 3.05) is 26.9 Å². The van der Waals surface area contributed by atoms with Crippen molar-refractivity contribution in [2.24, 2.45) is 0 Å². The predicted octanol–water partition coefficient (Wildman–Crippen LogP) is 2.14. The molecule has 1 fully saturated rings. The van der Waals surface area contributed by atoms with Crippen LogP contribution >= 0.6 is 0 Å². The Morgan fingerprint density at radius 1 is 1.45 bits per heavy atom. The van der Waals surface area contributed by atoms with Gasteiger partial charge in [-0.05, 0) is 26.5 Å². The quantitative estimate of drug-likeness (QED) is 0.832. The Labute approximate surface area is 121 Å². The molecule has 1 aromatic heterocycles. The minimum absolute atomic E-state index is 0.153. The lowest BCUT2D eigenvalue weighted by Crippen LogP contribution is -2.49. The molecule has 1 saturated heterocycles. The van der Waals surface area contributed by atoms with Gasteiger partial charge in [-0.15, -0.1) is 0 Å². The molecule has 5 nitrogen and oxygen atoms in total. The lowest BCUT2D eigenvalue weighted by molar-refractivity contribution is -0.128. The van der Waals surface area contributed by atoms with Crippen LogP contribution in [0.2, 0.25) is 0 Å². The van der Waals surface area contributed by atoms with Gasteiger partial charge in [-0.1, -0.05) is 6.92 Å². The topological polar surface area (TPSA) is 48.3 Å². The zero-order valence-electron chi connectivity index (χ0n) is 12.9. The van der Waals surface area contributed by atoms with Gasteiger partial charge in [0.2, 0.25) is 0 Å². The van der Waals surface area contributed by atoms with Gasteiger partial charge in [0.1, 0.15) is 0 Å². The Morgan fingerprint density at radius 3 is 2.80 bits per heavy atom. The van der Waals surface area contributed by atoms with Gasteiger partial charge in [-0.25, -0.2) is 0 Å². The summed E-state index contributed by atoms with van der Waals surface area (Å²) in [4.78, 5) is 0. The largest absolute Gasteiger partial charge is 0.381 e. The normalized spacial score (nSPS) is 19.9. The first-order valence-corrected chi connectivity index (χ1v) is 7.68. The van der Waals surface area contributed by atoms with Crippen LogP contribution in [-0.4, -0.2) is 42.2 Å². The smallest absolute Gasteiger partial charge is 0.0935 e. The van der Waals surface area contributed by atoms with E-state index in [1.54, 1.807) is 0 Å². The molecule has 0 spiro atoms.